The van der Waals surface area contributed by atoms with E-state index >= 15 is 0 Å². The van der Waals surface area contributed by atoms with Crippen LogP contribution < -0.4 is 0 Å². The lowest BCUT2D eigenvalue weighted by Crippen LogP contribution is -2.34. The molecule has 1 fully saturated rings. The summed E-state index contributed by atoms with van der Waals surface area (Å²) in [4.78, 5) is 10.3. The van der Waals surface area contributed by atoms with Gasteiger partial charge in [-0.15, -0.1) is 0 Å². The van der Waals surface area contributed by atoms with Gasteiger partial charge in [0.2, 0.25) is 10.0 Å². The summed E-state index contributed by atoms with van der Waals surface area (Å²) < 4.78 is 40.5. The second-order valence-electron chi connectivity index (χ2n) is 6.36. The zero-order valence-electron chi connectivity index (χ0n) is 14.0. The van der Waals surface area contributed by atoms with Crippen molar-refractivity contribution in [3.8, 4) is 0 Å². The molecule has 1 atom stereocenters. The quantitative estimate of drug-likeness (QED) is 0.600. The van der Waals surface area contributed by atoms with Crippen LogP contribution in [0, 0.1) is 15.9 Å². The molecule has 1 unspecified atom stereocenters. The molecule has 2 aromatic carbocycles. The maximum atomic E-state index is 13.2. The summed E-state index contributed by atoms with van der Waals surface area (Å²) in [7, 11) is -3.84. The molecule has 0 amide bonds. The van der Waals surface area contributed by atoms with Crippen molar-refractivity contribution in [3.63, 3.8) is 0 Å². The summed E-state index contributed by atoms with van der Waals surface area (Å²) in [5.74, 6) is -0.366. The normalized spacial score (nSPS) is 19.0. The van der Waals surface area contributed by atoms with Crippen LogP contribution >= 0.6 is 0 Å². The molecule has 1 saturated heterocycles. The molecule has 0 saturated carbocycles. The van der Waals surface area contributed by atoms with Crippen molar-refractivity contribution < 1.29 is 17.7 Å². The third kappa shape index (κ3) is 3.91. The van der Waals surface area contributed by atoms with Crippen molar-refractivity contribution in [2.24, 2.45) is 0 Å². The van der Waals surface area contributed by atoms with Gasteiger partial charge in [0.15, 0.2) is 0 Å². The smallest absolute Gasteiger partial charge is 0.258 e. The lowest BCUT2D eigenvalue weighted by molar-refractivity contribution is -0.385. The van der Waals surface area contributed by atoms with Gasteiger partial charge in [-0.05, 0) is 42.5 Å². The average Bonchev–Trinajstić information content (AvgIpc) is 2.89. The third-order valence-electron chi connectivity index (χ3n) is 4.64. The fourth-order valence-corrected chi connectivity index (χ4v) is 4.80. The van der Waals surface area contributed by atoms with Crippen molar-refractivity contribution in [2.45, 2.75) is 30.1 Å². The molecule has 6 nitrogen and oxygen atoms in total. The average molecular weight is 378 g/mol. The minimum absolute atomic E-state index is 0.0356. The van der Waals surface area contributed by atoms with Gasteiger partial charge in [-0.3, -0.25) is 10.1 Å². The van der Waals surface area contributed by atoms with Crippen molar-refractivity contribution >= 4 is 15.7 Å². The first-order valence-corrected chi connectivity index (χ1v) is 9.82. The number of hydrogen-bond donors (Lipinski definition) is 0. The summed E-state index contributed by atoms with van der Waals surface area (Å²) in [5.41, 5.74) is 0.642. The number of sulfonamides is 1. The molecular weight excluding hydrogens is 359 g/mol. The minimum atomic E-state index is -3.84. The molecule has 0 N–H and O–H groups in total. The standard InChI is InChI=1S/C18H19FN2O4S/c19-16-9-7-14(8-10-16)15-4-1-2-11-20(13-15)26(24,25)18-6-3-5-17(12-18)21(22)23/h3,5-10,12,15H,1-2,4,11,13H2. The molecular formula is C18H19FN2O4S. The maximum absolute atomic E-state index is 13.2. The van der Waals surface area contributed by atoms with Crippen molar-refractivity contribution in [2.75, 3.05) is 13.1 Å². The molecule has 26 heavy (non-hydrogen) atoms. The molecule has 0 radical (unpaired) electrons. The molecule has 1 aliphatic rings. The van der Waals surface area contributed by atoms with E-state index < -0.39 is 14.9 Å². The van der Waals surface area contributed by atoms with E-state index in [1.807, 2.05) is 0 Å². The van der Waals surface area contributed by atoms with E-state index in [-0.39, 0.29) is 28.9 Å². The van der Waals surface area contributed by atoms with Crippen LogP contribution in [0.25, 0.3) is 0 Å². The Balaban J connectivity index is 1.89. The highest BCUT2D eigenvalue weighted by Gasteiger charge is 2.30. The summed E-state index contributed by atoms with van der Waals surface area (Å²) in [6.45, 7) is 0.638. The SMILES string of the molecule is O=[N+]([O-])c1cccc(S(=O)(=O)N2CCCCC(c3ccc(F)cc3)C2)c1. The number of nitro benzene ring substituents is 1. The number of nitrogens with zero attached hydrogens (tertiary/aromatic N) is 2. The Kier molecular flexibility index (Phi) is 5.33. The fourth-order valence-electron chi connectivity index (χ4n) is 3.24. The van der Waals surface area contributed by atoms with Gasteiger partial charge in [0, 0.05) is 25.2 Å². The van der Waals surface area contributed by atoms with Crippen LogP contribution in [0.1, 0.15) is 30.7 Å². The van der Waals surface area contributed by atoms with Crippen molar-refractivity contribution in [1.29, 1.82) is 0 Å². The van der Waals surface area contributed by atoms with E-state index in [0.29, 0.717) is 13.0 Å². The van der Waals surface area contributed by atoms with Crippen LogP contribution in [-0.2, 0) is 10.0 Å². The Morgan fingerprint density at radius 1 is 1.12 bits per heavy atom. The van der Waals surface area contributed by atoms with E-state index in [2.05, 4.69) is 0 Å². The highest BCUT2D eigenvalue weighted by atomic mass is 32.2. The van der Waals surface area contributed by atoms with Gasteiger partial charge in [0.05, 0.1) is 9.82 Å². The Hall–Kier alpha value is -2.32. The third-order valence-corrected chi connectivity index (χ3v) is 6.50. The van der Waals surface area contributed by atoms with E-state index in [0.717, 1.165) is 24.5 Å². The number of nitro groups is 1. The number of benzene rings is 2. The second kappa shape index (κ2) is 7.51. The zero-order valence-corrected chi connectivity index (χ0v) is 14.9. The van der Waals surface area contributed by atoms with Crippen LogP contribution in [0.4, 0.5) is 10.1 Å². The first kappa shape index (κ1) is 18.5. The lowest BCUT2D eigenvalue weighted by Gasteiger charge is -2.24. The molecule has 1 aliphatic heterocycles. The molecule has 1 heterocycles. The molecule has 0 aromatic heterocycles. The summed E-state index contributed by atoms with van der Waals surface area (Å²) in [6.07, 6.45) is 2.39. The van der Waals surface area contributed by atoms with Crippen molar-refractivity contribution in [1.82, 2.24) is 4.31 Å². The largest absolute Gasteiger partial charge is 0.270 e. The minimum Gasteiger partial charge on any atom is -0.258 e. The molecule has 0 spiro atoms. The van der Waals surface area contributed by atoms with Gasteiger partial charge >= 0.3 is 0 Å². The van der Waals surface area contributed by atoms with Gasteiger partial charge in [0.25, 0.3) is 5.69 Å². The number of rotatable bonds is 4. The summed E-state index contributed by atoms with van der Waals surface area (Å²) >= 11 is 0. The van der Waals surface area contributed by atoms with Gasteiger partial charge in [-0.25, -0.2) is 12.8 Å². The molecule has 0 aliphatic carbocycles. The predicted molar refractivity (Wildman–Crippen MR) is 94.8 cm³/mol. The van der Waals surface area contributed by atoms with E-state index in [1.165, 1.54) is 34.6 Å². The van der Waals surface area contributed by atoms with Crippen LogP contribution in [0.3, 0.4) is 0 Å². The van der Waals surface area contributed by atoms with Gasteiger partial charge in [0.1, 0.15) is 5.82 Å². The Morgan fingerprint density at radius 3 is 2.54 bits per heavy atom. The van der Waals surface area contributed by atoms with Crippen molar-refractivity contribution in [3.05, 3.63) is 70.0 Å². The van der Waals surface area contributed by atoms with Gasteiger partial charge in [-0.1, -0.05) is 24.6 Å². The topological polar surface area (TPSA) is 80.5 Å². The van der Waals surface area contributed by atoms with Gasteiger partial charge < -0.3 is 0 Å². The van der Waals surface area contributed by atoms with Crippen LogP contribution in [0.15, 0.2) is 53.4 Å². The van der Waals surface area contributed by atoms with E-state index in [9.17, 15) is 22.9 Å². The highest BCUT2D eigenvalue weighted by Crippen LogP contribution is 2.30. The number of hydrogen-bond acceptors (Lipinski definition) is 4. The molecule has 8 heteroatoms. The lowest BCUT2D eigenvalue weighted by atomic mass is 9.95. The molecule has 3 rings (SSSR count). The van der Waals surface area contributed by atoms with Crippen LogP contribution in [-0.4, -0.2) is 30.7 Å². The van der Waals surface area contributed by atoms with E-state index in [4.69, 9.17) is 0 Å². The van der Waals surface area contributed by atoms with Crippen LogP contribution in [0.5, 0.6) is 0 Å². The number of non-ortho nitro benzene ring substituents is 1. The number of halogens is 1. The maximum Gasteiger partial charge on any atom is 0.270 e. The second-order valence-corrected chi connectivity index (χ2v) is 8.30. The zero-order chi connectivity index (χ0) is 18.7. The first-order valence-electron chi connectivity index (χ1n) is 8.38. The Morgan fingerprint density at radius 2 is 1.85 bits per heavy atom. The Bertz CT molecular complexity index is 900. The summed E-state index contributed by atoms with van der Waals surface area (Å²) in [5, 5.41) is 10.9. The molecule has 138 valence electrons. The van der Waals surface area contributed by atoms with Crippen LogP contribution in [0.2, 0.25) is 0 Å². The van der Waals surface area contributed by atoms with E-state index in [1.54, 1.807) is 12.1 Å². The fraction of sp³-hybridized carbons (Fsp3) is 0.333. The Labute approximate surface area is 151 Å². The molecule has 0 bridgehead atoms. The van der Waals surface area contributed by atoms with Gasteiger partial charge in [-0.2, -0.15) is 4.31 Å². The monoisotopic (exact) mass is 378 g/mol. The predicted octanol–water partition coefficient (Wildman–Crippen LogP) is 3.69. The highest BCUT2D eigenvalue weighted by molar-refractivity contribution is 7.89. The summed E-state index contributed by atoms with van der Waals surface area (Å²) in [6, 6.07) is 11.2. The molecule has 2 aromatic rings. The first-order chi connectivity index (χ1) is 12.4.